The van der Waals surface area contributed by atoms with E-state index >= 15 is 0 Å². The van der Waals surface area contributed by atoms with Gasteiger partial charge in [0.25, 0.3) is 0 Å². The largest absolute Gasteiger partial charge is 0.320 e. The molecule has 0 saturated carbocycles. The topological polar surface area (TPSA) is 12.0 Å². The highest BCUT2D eigenvalue weighted by molar-refractivity contribution is 7.99. The van der Waals surface area contributed by atoms with Crippen LogP contribution >= 0.6 is 11.8 Å². The molecule has 1 fully saturated rings. The third-order valence-electron chi connectivity index (χ3n) is 2.06. The second-order valence-electron chi connectivity index (χ2n) is 2.98. The van der Waals surface area contributed by atoms with Gasteiger partial charge in [0, 0.05) is 0 Å². The van der Waals surface area contributed by atoms with E-state index in [-0.39, 0.29) is 0 Å². The van der Waals surface area contributed by atoms with E-state index in [4.69, 9.17) is 0 Å². The lowest BCUT2D eigenvalue weighted by Gasteiger charge is -2.20. The Morgan fingerprint density at radius 3 is 3.10 bits per heavy atom. The maximum Gasteiger partial charge on any atom is -0.00387 e. The fourth-order valence-corrected chi connectivity index (χ4v) is 2.59. The summed E-state index contributed by atoms with van der Waals surface area (Å²) in [6.07, 6.45) is 4.29. The van der Waals surface area contributed by atoms with Crippen molar-refractivity contribution in [2.24, 2.45) is 5.92 Å². The van der Waals surface area contributed by atoms with Crippen molar-refractivity contribution in [1.29, 1.82) is 0 Å². The third kappa shape index (κ3) is 2.93. The van der Waals surface area contributed by atoms with Gasteiger partial charge in [-0.05, 0) is 50.3 Å². The van der Waals surface area contributed by atoms with Gasteiger partial charge >= 0.3 is 0 Å². The summed E-state index contributed by atoms with van der Waals surface area (Å²) >= 11 is 2.13. The van der Waals surface area contributed by atoms with Gasteiger partial charge in [0.1, 0.15) is 0 Å². The molecule has 1 N–H and O–H groups in total. The summed E-state index contributed by atoms with van der Waals surface area (Å²) < 4.78 is 0. The van der Waals surface area contributed by atoms with E-state index in [0.717, 1.165) is 5.92 Å². The van der Waals surface area contributed by atoms with Crippen molar-refractivity contribution in [2.75, 3.05) is 25.1 Å². The van der Waals surface area contributed by atoms with Crippen LogP contribution in [0.1, 0.15) is 19.3 Å². The van der Waals surface area contributed by atoms with Crippen molar-refractivity contribution in [3.05, 3.63) is 0 Å². The zero-order valence-electron chi connectivity index (χ0n) is 6.73. The molecule has 0 aromatic carbocycles. The van der Waals surface area contributed by atoms with Crippen LogP contribution in [0.25, 0.3) is 0 Å². The van der Waals surface area contributed by atoms with E-state index in [1.54, 1.807) is 0 Å². The van der Waals surface area contributed by atoms with Crippen LogP contribution in [-0.4, -0.2) is 25.1 Å². The summed E-state index contributed by atoms with van der Waals surface area (Å²) in [5.74, 6) is 3.81. The van der Waals surface area contributed by atoms with Crippen LogP contribution in [0, 0.1) is 5.92 Å². The molecule has 2 heteroatoms. The molecule has 1 aliphatic rings. The van der Waals surface area contributed by atoms with Crippen LogP contribution < -0.4 is 5.32 Å². The van der Waals surface area contributed by atoms with Crippen molar-refractivity contribution < 1.29 is 0 Å². The molecule has 0 aliphatic carbocycles. The Kier molecular flexibility index (Phi) is 4.23. The molecule has 1 heterocycles. The molecule has 1 saturated heterocycles. The van der Waals surface area contributed by atoms with Gasteiger partial charge < -0.3 is 5.32 Å². The van der Waals surface area contributed by atoms with Gasteiger partial charge in [0.05, 0.1) is 0 Å². The van der Waals surface area contributed by atoms with Gasteiger partial charge in [-0.25, -0.2) is 0 Å². The van der Waals surface area contributed by atoms with Gasteiger partial charge in [0.2, 0.25) is 0 Å². The fourth-order valence-electron chi connectivity index (χ4n) is 1.38. The molecule has 1 atom stereocenters. The van der Waals surface area contributed by atoms with Crippen LogP contribution in [0.15, 0.2) is 0 Å². The van der Waals surface area contributed by atoms with E-state index in [9.17, 15) is 0 Å². The van der Waals surface area contributed by atoms with Crippen molar-refractivity contribution >= 4 is 11.8 Å². The van der Waals surface area contributed by atoms with E-state index in [0.29, 0.717) is 0 Å². The van der Waals surface area contributed by atoms with E-state index < -0.39 is 0 Å². The van der Waals surface area contributed by atoms with Crippen LogP contribution in [0.4, 0.5) is 0 Å². The first-order valence-corrected chi connectivity index (χ1v) is 5.31. The number of hydrogen-bond donors (Lipinski definition) is 1. The molecule has 0 spiro atoms. The molecule has 1 unspecified atom stereocenters. The zero-order chi connectivity index (χ0) is 7.23. The van der Waals surface area contributed by atoms with Gasteiger partial charge in [-0.3, -0.25) is 0 Å². The predicted octanol–water partition coefficient (Wildman–Crippen LogP) is 1.74. The Balaban J connectivity index is 2.02. The van der Waals surface area contributed by atoms with Gasteiger partial charge in [0.15, 0.2) is 0 Å². The Morgan fingerprint density at radius 2 is 2.50 bits per heavy atom. The second-order valence-corrected chi connectivity index (χ2v) is 4.13. The van der Waals surface area contributed by atoms with Gasteiger partial charge in [-0.1, -0.05) is 0 Å². The molecule has 0 amide bonds. The maximum atomic E-state index is 3.21. The highest BCUT2D eigenvalue weighted by Gasteiger charge is 2.12. The lowest BCUT2D eigenvalue weighted by molar-refractivity contribution is 0.476. The lowest BCUT2D eigenvalue weighted by atomic mass is 10.0. The number of nitrogens with one attached hydrogen (secondary N) is 1. The molecule has 60 valence electrons. The molecular formula is C8H17NS. The normalized spacial score (nSPS) is 26.7. The molecule has 1 aliphatic heterocycles. The first kappa shape index (κ1) is 8.41. The predicted molar refractivity (Wildman–Crippen MR) is 48.6 cm³/mol. The molecule has 0 aromatic rings. The summed E-state index contributed by atoms with van der Waals surface area (Å²) in [6, 6.07) is 0. The summed E-state index contributed by atoms with van der Waals surface area (Å²) in [6.45, 7) is 1.20. The molecule has 10 heavy (non-hydrogen) atoms. The first-order chi connectivity index (χ1) is 4.93. The van der Waals surface area contributed by atoms with Crippen LogP contribution in [0.2, 0.25) is 0 Å². The molecule has 0 aromatic heterocycles. The SMILES string of the molecule is CNCCC1CCCSC1. The molecule has 0 radical (unpaired) electrons. The van der Waals surface area contributed by atoms with Crippen LogP contribution in [0.3, 0.4) is 0 Å². The molecule has 1 rings (SSSR count). The average molecular weight is 159 g/mol. The minimum absolute atomic E-state index is 1.01. The third-order valence-corrected chi connectivity index (χ3v) is 3.34. The monoisotopic (exact) mass is 159 g/mol. The van der Waals surface area contributed by atoms with Crippen molar-refractivity contribution in [3.63, 3.8) is 0 Å². The summed E-state index contributed by atoms with van der Waals surface area (Å²) in [7, 11) is 2.04. The lowest BCUT2D eigenvalue weighted by Crippen LogP contribution is -2.17. The van der Waals surface area contributed by atoms with E-state index in [1.165, 1.54) is 37.3 Å². The minimum atomic E-state index is 1.01. The van der Waals surface area contributed by atoms with Crippen LogP contribution in [0.5, 0.6) is 0 Å². The summed E-state index contributed by atoms with van der Waals surface area (Å²) in [5.41, 5.74) is 0. The van der Waals surface area contributed by atoms with Gasteiger partial charge in [-0.2, -0.15) is 11.8 Å². The number of rotatable bonds is 3. The number of hydrogen-bond acceptors (Lipinski definition) is 2. The Labute approximate surface area is 68.0 Å². The van der Waals surface area contributed by atoms with Crippen molar-refractivity contribution in [3.8, 4) is 0 Å². The summed E-state index contributed by atoms with van der Waals surface area (Å²) in [5, 5.41) is 3.21. The minimum Gasteiger partial charge on any atom is -0.320 e. The highest BCUT2D eigenvalue weighted by Crippen LogP contribution is 2.24. The maximum absolute atomic E-state index is 3.21. The standard InChI is InChI=1S/C8H17NS/c1-9-5-4-8-3-2-6-10-7-8/h8-9H,2-7H2,1H3. The summed E-state index contributed by atoms with van der Waals surface area (Å²) in [4.78, 5) is 0. The Bertz CT molecular complexity index is 79.3. The zero-order valence-corrected chi connectivity index (χ0v) is 7.54. The second kappa shape index (κ2) is 5.03. The molecular weight excluding hydrogens is 142 g/mol. The highest BCUT2D eigenvalue weighted by atomic mass is 32.2. The molecule has 0 bridgehead atoms. The Morgan fingerprint density at radius 1 is 1.60 bits per heavy atom. The Hall–Kier alpha value is 0.310. The first-order valence-electron chi connectivity index (χ1n) is 4.16. The van der Waals surface area contributed by atoms with E-state index in [2.05, 4.69) is 17.1 Å². The quantitative estimate of drug-likeness (QED) is 0.673. The smallest absolute Gasteiger partial charge is 0.00387 e. The molecule has 1 nitrogen and oxygen atoms in total. The van der Waals surface area contributed by atoms with Crippen molar-refractivity contribution in [2.45, 2.75) is 19.3 Å². The van der Waals surface area contributed by atoms with Crippen molar-refractivity contribution in [1.82, 2.24) is 5.32 Å². The average Bonchev–Trinajstić information content (AvgIpc) is 2.03. The van der Waals surface area contributed by atoms with E-state index in [1.807, 2.05) is 7.05 Å². The van der Waals surface area contributed by atoms with Gasteiger partial charge in [-0.15, -0.1) is 0 Å². The fraction of sp³-hybridized carbons (Fsp3) is 1.00. The van der Waals surface area contributed by atoms with Crippen LogP contribution in [-0.2, 0) is 0 Å². The number of thioether (sulfide) groups is 1.